The van der Waals surface area contributed by atoms with Gasteiger partial charge in [-0.3, -0.25) is 4.18 Å². The van der Waals surface area contributed by atoms with Gasteiger partial charge in [-0.15, -0.1) is 0 Å². The summed E-state index contributed by atoms with van der Waals surface area (Å²) in [5.41, 5.74) is 2.28. The maximum absolute atomic E-state index is 10.0. The van der Waals surface area contributed by atoms with Crippen molar-refractivity contribution in [2.24, 2.45) is 0 Å². The molecule has 3 aromatic carbocycles. The lowest BCUT2D eigenvalue weighted by Gasteiger charge is -2.03. The molecule has 0 saturated carbocycles. The highest BCUT2D eigenvalue weighted by atomic mass is 32.3. The van der Waals surface area contributed by atoms with E-state index in [1.807, 2.05) is 48.5 Å². The highest BCUT2D eigenvalue weighted by Gasteiger charge is 2.15. The Morgan fingerprint density at radius 3 is 2.07 bits per heavy atom. The van der Waals surface area contributed by atoms with E-state index in [4.69, 9.17) is 0 Å². The zero-order chi connectivity index (χ0) is 21.8. The van der Waals surface area contributed by atoms with Gasteiger partial charge in [0.25, 0.3) is 0 Å². The molecule has 0 aliphatic carbocycles. The lowest BCUT2D eigenvalue weighted by Crippen LogP contribution is -2.03. The van der Waals surface area contributed by atoms with Gasteiger partial charge in [-0.25, -0.2) is 8.42 Å². The summed E-state index contributed by atoms with van der Waals surface area (Å²) in [6.07, 6.45) is 5.37. The van der Waals surface area contributed by atoms with Crippen molar-refractivity contribution in [1.82, 2.24) is 0 Å². The molecule has 5 nitrogen and oxygen atoms in total. The highest BCUT2D eigenvalue weighted by molar-refractivity contribution is 7.95. The first-order valence-electron chi connectivity index (χ1n) is 9.11. The molecule has 0 heterocycles. The molecule has 0 radical (unpaired) electrons. The third-order valence-electron chi connectivity index (χ3n) is 3.88. The number of hydrogen-bond acceptors (Lipinski definition) is 5. The summed E-state index contributed by atoms with van der Waals surface area (Å²) in [6, 6.07) is 27.3. The Bertz CT molecular complexity index is 1000. The van der Waals surface area contributed by atoms with Crippen LogP contribution in [0.2, 0.25) is 0 Å². The number of rotatable bonds is 7. The van der Waals surface area contributed by atoms with E-state index < -0.39 is 10.4 Å². The molecule has 3 aromatic rings. The van der Waals surface area contributed by atoms with Crippen molar-refractivity contribution in [2.75, 3.05) is 12.9 Å². The van der Waals surface area contributed by atoms with Crippen LogP contribution in [0.3, 0.4) is 0 Å². The zero-order valence-electron chi connectivity index (χ0n) is 16.5. The van der Waals surface area contributed by atoms with Crippen molar-refractivity contribution in [2.45, 2.75) is 10.6 Å². The Hall–Kier alpha value is -2.58. The highest BCUT2D eigenvalue weighted by Crippen LogP contribution is 2.19. The van der Waals surface area contributed by atoms with E-state index in [0.717, 1.165) is 11.3 Å². The Morgan fingerprint density at radius 2 is 1.50 bits per heavy atom. The van der Waals surface area contributed by atoms with Crippen molar-refractivity contribution < 1.29 is 22.3 Å². The van der Waals surface area contributed by atoms with E-state index in [2.05, 4.69) is 34.7 Å². The maximum Gasteiger partial charge on any atom is 0.217 e. The largest absolute Gasteiger partial charge is 0.726 e. The fourth-order valence-electron chi connectivity index (χ4n) is 2.46. The van der Waals surface area contributed by atoms with Crippen LogP contribution >= 0.6 is 0 Å². The molecule has 0 saturated heterocycles. The first-order chi connectivity index (χ1) is 14.3. The van der Waals surface area contributed by atoms with Gasteiger partial charge in [0, 0.05) is 16.5 Å². The van der Waals surface area contributed by atoms with E-state index in [1.54, 1.807) is 18.2 Å². The molecule has 1 N–H and O–H groups in total. The Kier molecular flexibility index (Phi) is 9.63. The first-order valence-corrected chi connectivity index (χ1v) is 12.2. The third-order valence-corrected chi connectivity index (χ3v) is 6.15. The molecule has 1 unspecified atom stereocenters. The van der Waals surface area contributed by atoms with E-state index in [0.29, 0.717) is 5.75 Å². The molecule has 158 valence electrons. The number of hydrogen-bond donors (Lipinski definition) is 1. The van der Waals surface area contributed by atoms with Crippen molar-refractivity contribution in [3.63, 3.8) is 0 Å². The van der Waals surface area contributed by atoms with Crippen molar-refractivity contribution >= 4 is 27.4 Å². The summed E-state index contributed by atoms with van der Waals surface area (Å²) < 4.78 is 34.1. The van der Waals surface area contributed by atoms with Gasteiger partial charge in [0.05, 0.1) is 6.61 Å². The van der Waals surface area contributed by atoms with Crippen LogP contribution in [-0.2, 0) is 31.2 Å². The summed E-state index contributed by atoms with van der Waals surface area (Å²) in [5, 5.41) is 9.23. The minimum Gasteiger partial charge on any atom is -0.726 e. The van der Waals surface area contributed by atoms with Gasteiger partial charge >= 0.3 is 0 Å². The number of phenols is 1. The van der Waals surface area contributed by atoms with Crippen LogP contribution in [0.25, 0.3) is 6.08 Å². The lowest BCUT2D eigenvalue weighted by atomic mass is 10.2. The fourth-order valence-corrected chi connectivity index (χ4v) is 4.16. The molecule has 0 aliphatic heterocycles. The van der Waals surface area contributed by atoms with E-state index in [9.17, 15) is 18.1 Å². The lowest BCUT2D eigenvalue weighted by molar-refractivity contribution is 0.288. The van der Waals surface area contributed by atoms with Crippen molar-refractivity contribution in [1.29, 1.82) is 0 Å². The second-order valence-electron chi connectivity index (χ2n) is 6.27. The van der Waals surface area contributed by atoms with Gasteiger partial charge < -0.3 is 9.66 Å². The number of phenolic OH excluding ortho intramolecular Hbond substituents is 1. The molecule has 0 fully saturated rings. The smallest absolute Gasteiger partial charge is 0.217 e. The predicted octanol–water partition coefficient (Wildman–Crippen LogP) is 4.38. The predicted molar refractivity (Wildman–Crippen MR) is 121 cm³/mol. The second kappa shape index (κ2) is 12.2. The first kappa shape index (κ1) is 23.7. The Labute approximate surface area is 181 Å². The minimum atomic E-state index is -4.58. The third kappa shape index (κ3) is 9.76. The normalized spacial score (nSPS) is 12.2. The second-order valence-corrected chi connectivity index (χ2v) is 9.35. The van der Waals surface area contributed by atoms with Crippen LogP contribution in [0.1, 0.15) is 11.1 Å². The molecule has 7 heteroatoms. The average Bonchev–Trinajstić information content (AvgIpc) is 2.73. The Morgan fingerprint density at radius 1 is 0.933 bits per heavy atom. The van der Waals surface area contributed by atoms with Crippen LogP contribution in [0.5, 0.6) is 5.75 Å². The molecule has 0 aromatic heterocycles. The molecule has 3 rings (SSSR count). The number of aromatic hydroxyl groups is 1. The van der Waals surface area contributed by atoms with Gasteiger partial charge in [-0.05, 0) is 29.8 Å². The molecule has 30 heavy (non-hydrogen) atoms. The summed E-state index contributed by atoms with van der Waals surface area (Å²) in [6.45, 7) is -0.235. The van der Waals surface area contributed by atoms with Crippen molar-refractivity contribution in [3.05, 3.63) is 102 Å². The van der Waals surface area contributed by atoms with Crippen molar-refractivity contribution in [3.8, 4) is 5.75 Å². The standard InChI is InChI=1S/C14H14OS.C9H10O4S/c1-16(11-12-5-3-2-4-6-12)14-9-7-13(15)8-10-14;10-14(11,12)13-8-4-7-9-5-2-1-3-6-9/h2-10H,11H2,1H3;1-7H,8H2,(H,10,11,12)/b;7-4+. The Balaban J connectivity index is 0.000000216. The summed E-state index contributed by atoms with van der Waals surface area (Å²) in [5.74, 6) is 1.39. The van der Waals surface area contributed by atoms with Gasteiger partial charge in [-0.1, -0.05) is 72.8 Å². The van der Waals surface area contributed by atoms with Crippen LogP contribution in [0, 0.1) is 0 Å². The molecular formula is C23H24O5S2. The monoisotopic (exact) mass is 444 g/mol. The van der Waals surface area contributed by atoms with Gasteiger partial charge in [-0.2, -0.15) is 0 Å². The molecular weight excluding hydrogens is 420 g/mol. The fraction of sp³-hybridized carbons (Fsp3) is 0.130. The summed E-state index contributed by atoms with van der Waals surface area (Å²) >= 11 is 0. The minimum absolute atomic E-state index is 0.196. The van der Waals surface area contributed by atoms with Gasteiger partial charge in [0.2, 0.25) is 10.4 Å². The van der Waals surface area contributed by atoms with E-state index >= 15 is 0 Å². The van der Waals surface area contributed by atoms with E-state index in [-0.39, 0.29) is 17.5 Å². The summed E-state index contributed by atoms with van der Waals surface area (Å²) in [7, 11) is -4.38. The quantitative estimate of drug-likeness (QED) is 0.332. The van der Waals surface area contributed by atoms with Crippen LogP contribution in [0.4, 0.5) is 0 Å². The number of benzene rings is 3. The zero-order valence-corrected chi connectivity index (χ0v) is 18.2. The maximum atomic E-state index is 10.0. The van der Waals surface area contributed by atoms with Crippen LogP contribution in [0.15, 0.2) is 95.9 Å². The van der Waals surface area contributed by atoms with E-state index in [1.165, 1.54) is 16.5 Å². The molecule has 0 bridgehead atoms. The topological polar surface area (TPSA) is 86.7 Å². The van der Waals surface area contributed by atoms with Gasteiger partial charge in [0.15, 0.2) is 4.90 Å². The van der Waals surface area contributed by atoms with Crippen LogP contribution < -0.4 is 0 Å². The molecule has 0 amide bonds. The summed E-state index contributed by atoms with van der Waals surface area (Å²) in [4.78, 5) is 1.29. The molecule has 0 aliphatic rings. The SMILES string of the molecule is C[S+](Cc1ccccc1)c1ccc(O)cc1.O=S(=O)([O-])OC/C=C/c1ccccc1. The van der Waals surface area contributed by atoms with Crippen LogP contribution in [-0.4, -0.2) is 30.9 Å². The molecule has 1 atom stereocenters. The molecule has 0 spiro atoms. The van der Waals surface area contributed by atoms with Gasteiger partial charge in [0.1, 0.15) is 17.8 Å². The average molecular weight is 445 g/mol.